The van der Waals surface area contributed by atoms with Crippen LogP contribution in [0, 0.1) is 6.92 Å². The molecule has 25 heavy (non-hydrogen) atoms. The molecule has 1 aliphatic rings. The smallest absolute Gasteiger partial charge is 0.319 e. The summed E-state index contributed by atoms with van der Waals surface area (Å²) in [7, 11) is 0. The third-order valence-corrected chi connectivity index (χ3v) is 4.78. The molecule has 1 unspecified atom stereocenters. The fourth-order valence-corrected chi connectivity index (χ4v) is 3.39. The maximum Gasteiger partial charge on any atom is 0.319 e. The first-order valence-corrected chi connectivity index (χ1v) is 8.99. The molecule has 1 aliphatic heterocycles. The molecule has 0 aromatic heterocycles. The molecule has 2 aromatic rings. The lowest BCUT2D eigenvalue weighted by Gasteiger charge is -2.18. The average Bonchev–Trinajstić information content (AvgIpc) is 2.91. The first kappa shape index (κ1) is 17.8. The predicted molar refractivity (Wildman–Crippen MR) is 103 cm³/mol. The number of rotatable bonds is 3. The molecule has 0 spiro atoms. The highest BCUT2D eigenvalue weighted by Gasteiger charge is 2.31. The minimum absolute atomic E-state index is 0.0209. The summed E-state index contributed by atoms with van der Waals surface area (Å²) in [6.07, 6.45) is 0.273. The number of anilines is 2. The van der Waals surface area contributed by atoms with Crippen LogP contribution >= 0.6 is 27.5 Å². The molecule has 0 bridgehead atoms. The second kappa shape index (κ2) is 7.45. The monoisotopic (exact) mass is 421 g/mol. The molecule has 1 heterocycles. The first-order chi connectivity index (χ1) is 11.9. The number of benzene rings is 2. The Labute approximate surface area is 159 Å². The van der Waals surface area contributed by atoms with Gasteiger partial charge in [-0.05, 0) is 55.0 Å². The Morgan fingerprint density at radius 3 is 2.64 bits per heavy atom. The van der Waals surface area contributed by atoms with Crippen LogP contribution in [0.3, 0.4) is 0 Å². The second-order valence-electron chi connectivity index (χ2n) is 5.94. The summed E-state index contributed by atoms with van der Waals surface area (Å²) >= 11 is 9.27. The normalized spacial score (nSPS) is 16.8. The molecular formula is C18H17BrClN3O2. The number of nitrogens with zero attached hydrogens (tertiary/aromatic N) is 1. The predicted octanol–water partition coefficient (Wildman–Crippen LogP) is 4.34. The van der Waals surface area contributed by atoms with Gasteiger partial charge in [0, 0.05) is 33.8 Å². The van der Waals surface area contributed by atoms with Crippen molar-refractivity contribution in [3.05, 3.63) is 57.5 Å². The SMILES string of the molecule is Cc1cc(Br)ccc1NC(=O)NC1CC(=O)N(c2ccc(Cl)cc2)C1. The van der Waals surface area contributed by atoms with Crippen LogP contribution < -0.4 is 15.5 Å². The maximum absolute atomic E-state index is 12.2. The van der Waals surface area contributed by atoms with Crippen molar-refractivity contribution >= 4 is 50.8 Å². The number of urea groups is 1. The summed E-state index contributed by atoms with van der Waals surface area (Å²) in [6, 6.07) is 12.2. The number of nitrogens with one attached hydrogen (secondary N) is 2. The molecule has 130 valence electrons. The van der Waals surface area contributed by atoms with E-state index < -0.39 is 0 Å². The van der Waals surface area contributed by atoms with Crippen LogP contribution in [0.1, 0.15) is 12.0 Å². The van der Waals surface area contributed by atoms with E-state index in [2.05, 4.69) is 26.6 Å². The van der Waals surface area contributed by atoms with Gasteiger partial charge in [-0.3, -0.25) is 4.79 Å². The number of hydrogen-bond donors (Lipinski definition) is 2. The summed E-state index contributed by atoms with van der Waals surface area (Å²) in [6.45, 7) is 2.36. The van der Waals surface area contributed by atoms with E-state index >= 15 is 0 Å². The lowest BCUT2D eigenvalue weighted by molar-refractivity contribution is -0.117. The summed E-state index contributed by atoms with van der Waals surface area (Å²) in [4.78, 5) is 26.1. The van der Waals surface area contributed by atoms with Gasteiger partial charge in [0.15, 0.2) is 0 Å². The van der Waals surface area contributed by atoms with Crippen LogP contribution in [0.2, 0.25) is 5.02 Å². The van der Waals surface area contributed by atoms with Gasteiger partial charge in [0.1, 0.15) is 0 Å². The Balaban J connectivity index is 1.61. The summed E-state index contributed by atoms with van der Waals surface area (Å²) in [5.74, 6) is -0.0209. The van der Waals surface area contributed by atoms with Gasteiger partial charge in [-0.15, -0.1) is 0 Å². The maximum atomic E-state index is 12.2. The quantitative estimate of drug-likeness (QED) is 0.773. The van der Waals surface area contributed by atoms with E-state index in [-0.39, 0.29) is 24.4 Å². The first-order valence-electron chi connectivity index (χ1n) is 7.82. The van der Waals surface area contributed by atoms with Gasteiger partial charge in [-0.2, -0.15) is 0 Å². The van der Waals surface area contributed by atoms with Gasteiger partial charge in [0.2, 0.25) is 5.91 Å². The zero-order valence-corrected chi connectivity index (χ0v) is 15.9. The Kier molecular flexibility index (Phi) is 5.30. The van der Waals surface area contributed by atoms with Crippen LogP contribution in [0.15, 0.2) is 46.9 Å². The number of carbonyl (C=O) groups is 2. The molecule has 1 fully saturated rings. The van der Waals surface area contributed by atoms with Gasteiger partial charge in [-0.1, -0.05) is 27.5 Å². The van der Waals surface area contributed by atoms with Crippen LogP contribution in [0.4, 0.5) is 16.2 Å². The van der Waals surface area contributed by atoms with E-state index in [1.807, 2.05) is 25.1 Å². The number of hydrogen-bond acceptors (Lipinski definition) is 2. The van der Waals surface area contributed by atoms with Crippen LogP contribution in [-0.2, 0) is 4.79 Å². The number of amides is 3. The van der Waals surface area contributed by atoms with Crippen molar-refractivity contribution in [3.8, 4) is 0 Å². The van der Waals surface area contributed by atoms with Crippen molar-refractivity contribution in [2.24, 2.45) is 0 Å². The molecule has 1 saturated heterocycles. The highest BCUT2D eigenvalue weighted by molar-refractivity contribution is 9.10. The van der Waals surface area contributed by atoms with Gasteiger partial charge < -0.3 is 15.5 Å². The number of halogens is 2. The molecule has 2 N–H and O–H groups in total. The Hall–Kier alpha value is -2.05. The van der Waals surface area contributed by atoms with Crippen LogP contribution in [0.25, 0.3) is 0 Å². The lowest BCUT2D eigenvalue weighted by atomic mass is 10.2. The van der Waals surface area contributed by atoms with Crippen molar-refractivity contribution in [1.82, 2.24) is 5.32 Å². The van der Waals surface area contributed by atoms with Crippen molar-refractivity contribution in [2.75, 3.05) is 16.8 Å². The fourth-order valence-electron chi connectivity index (χ4n) is 2.79. The molecule has 2 aromatic carbocycles. The highest BCUT2D eigenvalue weighted by Crippen LogP contribution is 2.24. The zero-order valence-electron chi connectivity index (χ0n) is 13.6. The third-order valence-electron chi connectivity index (χ3n) is 4.04. The van der Waals surface area contributed by atoms with Gasteiger partial charge in [-0.25, -0.2) is 4.79 Å². The number of carbonyl (C=O) groups excluding carboxylic acids is 2. The fraction of sp³-hybridized carbons (Fsp3) is 0.222. The van der Waals surface area contributed by atoms with Crippen molar-refractivity contribution in [3.63, 3.8) is 0 Å². The third kappa shape index (κ3) is 4.32. The zero-order chi connectivity index (χ0) is 18.0. The second-order valence-corrected chi connectivity index (χ2v) is 7.29. The minimum atomic E-state index is -0.318. The standard InChI is InChI=1S/C18H17BrClN3O2/c1-11-8-12(19)2-7-16(11)22-18(25)21-14-9-17(24)23(10-14)15-5-3-13(20)4-6-15/h2-8,14H,9-10H2,1H3,(H2,21,22,25). The minimum Gasteiger partial charge on any atom is -0.333 e. The van der Waals surface area contributed by atoms with Crippen molar-refractivity contribution < 1.29 is 9.59 Å². The molecule has 3 amide bonds. The topological polar surface area (TPSA) is 61.4 Å². The molecule has 7 heteroatoms. The summed E-state index contributed by atoms with van der Waals surface area (Å²) in [5, 5.41) is 6.30. The number of aryl methyl sites for hydroxylation is 1. The molecular weight excluding hydrogens is 406 g/mol. The van der Waals surface area contributed by atoms with Gasteiger partial charge in [0.25, 0.3) is 0 Å². The van der Waals surface area contributed by atoms with E-state index in [9.17, 15) is 9.59 Å². The van der Waals surface area contributed by atoms with E-state index in [4.69, 9.17) is 11.6 Å². The molecule has 1 atom stereocenters. The molecule has 5 nitrogen and oxygen atoms in total. The highest BCUT2D eigenvalue weighted by atomic mass is 79.9. The van der Waals surface area contributed by atoms with E-state index in [1.54, 1.807) is 29.2 Å². The summed E-state index contributed by atoms with van der Waals surface area (Å²) in [5.41, 5.74) is 2.47. The average molecular weight is 423 g/mol. The van der Waals surface area contributed by atoms with Gasteiger partial charge >= 0.3 is 6.03 Å². The Morgan fingerprint density at radius 1 is 1.24 bits per heavy atom. The largest absolute Gasteiger partial charge is 0.333 e. The van der Waals surface area contributed by atoms with E-state index in [0.717, 1.165) is 21.4 Å². The Bertz CT molecular complexity index is 810. The molecule has 0 radical (unpaired) electrons. The molecule has 0 aliphatic carbocycles. The van der Waals surface area contributed by atoms with E-state index in [0.29, 0.717) is 11.6 Å². The Morgan fingerprint density at radius 2 is 1.96 bits per heavy atom. The summed E-state index contributed by atoms with van der Waals surface area (Å²) < 4.78 is 0.955. The van der Waals surface area contributed by atoms with Crippen molar-refractivity contribution in [1.29, 1.82) is 0 Å². The molecule has 3 rings (SSSR count). The molecule has 0 saturated carbocycles. The van der Waals surface area contributed by atoms with Crippen molar-refractivity contribution in [2.45, 2.75) is 19.4 Å². The van der Waals surface area contributed by atoms with E-state index in [1.165, 1.54) is 0 Å². The van der Waals surface area contributed by atoms with Crippen LogP contribution in [-0.4, -0.2) is 24.5 Å². The lowest BCUT2D eigenvalue weighted by Crippen LogP contribution is -2.39. The van der Waals surface area contributed by atoms with Gasteiger partial charge in [0.05, 0.1) is 6.04 Å². The van der Waals surface area contributed by atoms with Crippen LogP contribution in [0.5, 0.6) is 0 Å².